The van der Waals surface area contributed by atoms with Crippen molar-refractivity contribution < 1.29 is 14.3 Å². The maximum Gasteiger partial charge on any atom is 0.337 e. The van der Waals surface area contributed by atoms with E-state index in [1.807, 2.05) is 11.0 Å². The van der Waals surface area contributed by atoms with Gasteiger partial charge in [-0.3, -0.25) is 4.79 Å². The zero-order valence-corrected chi connectivity index (χ0v) is 13.0. The molecule has 5 nitrogen and oxygen atoms in total. The van der Waals surface area contributed by atoms with Crippen molar-refractivity contribution in [3.8, 4) is 0 Å². The van der Waals surface area contributed by atoms with Gasteiger partial charge in [0, 0.05) is 18.8 Å². The van der Waals surface area contributed by atoms with Crippen molar-refractivity contribution in [3.05, 3.63) is 29.3 Å². The van der Waals surface area contributed by atoms with Crippen LogP contribution in [0.15, 0.2) is 18.2 Å². The van der Waals surface area contributed by atoms with Crippen LogP contribution < -0.4 is 4.90 Å². The predicted molar refractivity (Wildman–Crippen MR) is 84.1 cm³/mol. The van der Waals surface area contributed by atoms with Crippen LogP contribution in [0, 0.1) is 0 Å². The Morgan fingerprint density at radius 2 is 1.95 bits per heavy atom. The van der Waals surface area contributed by atoms with Crippen molar-refractivity contribution in [1.29, 1.82) is 0 Å². The van der Waals surface area contributed by atoms with Gasteiger partial charge in [-0.1, -0.05) is 6.42 Å². The van der Waals surface area contributed by atoms with Crippen molar-refractivity contribution in [1.82, 2.24) is 4.90 Å². The van der Waals surface area contributed by atoms with E-state index in [4.69, 9.17) is 4.74 Å². The van der Waals surface area contributed by atoms with Crippen LogP contribution in [-0.2, 0) is 16.0 Å². The van der Waals surface area contributed by atoms with E-state index in [1.54, 1.807) is 12.1 Å². The van der Waals surface area contributed by atoms with Crippen molar-refractivity contribution in [2.45, 2.75) is 25.7 Å². The van der Waals surface area contributed by atoms with Crippen LogP contribution >= 0.6 is 0 Å². The lowest BCUT2D eigenvalue weighted by atomic mass is 10.1. The number of rotatable bonds is 4. The second-order valence-corrected chi connectivity index (χ2v) is 5.96. The molecule has 118 valence electrons. The van der Waals surface area contributed by atoms with Crippen LogP contribution in [0.5, 0.6) is 0 Å². The first kappa shape index (κ1) is 15.0. The van der Waals surface area contributed by atoms with Gasteiger partial charge in [-0.25, -0.2) is 4.79 Å². The first-order valence-electron chi connectivity index (χ1n) is 7.93. The molecule has 0 unspecified atom stereocenters. The molecule has 0 radical (unpaired) electrons. The average molecular weight is 302 g/mol. The third kappa shape index (κ3) is 2.99. The molecule has 1 aromatic carbocycles. The van der Waals surface area contributed by atoms with Crippen molar-refractivity contribution in [2.75, 3.05) is 38.2 Å². The number of amides is 1. The van der Waals surface area contributed by atoms with Gasteiger partial charge in [0.1, 0.15) is 0 Å². The molecule has 0 aliphatic carbocycles. The third-order valence-electron chi connectivity index (χ3n) is 4.52. The minimum atomic E-state index is -0.359. The minimum absolute atomic E-state index is 0.119. The number of piperidine rings is 1. The van der Waals surface area contributed by atoms with Crippen LogP contribution in [0.2, 0.25) is 0 Å². The highest BCUT2D eigenvalue weighted by atomic mass is 16.5. The standard InChI is InChI=1S/C17H22N2O3/c1-22-17(21)13-5-6-15-14(11-13)12-16(20)19(15)10-9-18-7-3-2-4-8-18/h5-6,11H,2-4,7-10,12H2,1H3. The van der Waals surface area contributed by atoms with E-state index >= 15 is 0 Å². The largest absolute Gasteiger partial charge is 0.465 e. The zero-order chi connectivity index (χ0) is 15.5. The van der Waals surface area contributed by atoms with Crippen LogP contribution in [0.25, 0.3) is 0 Å². The van der Waals surface area contributed by atoms with Gasteiger partial charge in [0.05, 0.1) is 19.1 Å². The summed E-state index contributed by atoms with van der Waals surface area (Å²) in [5, 5.41) is 0. The number of esters is 1. The van der Waals surface area contributed by atoms with E-state index in [0.29, 0.717) is 12.0 Å². The summed E-state index contributed by atoms with van der Waals surface area (Å²) in [6, 6.07) is 5.37. The quantitative estimate of drug-likeness (QED) is 0.797. The van der Waals surface area contributed by atoms with Gasteiger partial charge >= 0.3 is 5.97 Å². The first-order valence-corrected chi connectivity index (χ1v) is 7.93. The molecule has 0 aromatic heterocycles. The number of benzene rings is 1. The fourth-order valence-electron chi connectivity index (χ4n) is 3.30. The summed E-state index contributed by atoms with van der Waals surface area (Å²) >= 11 is 0. The van der Waals surface area contributed by atoms with E-state index in [2.05, 4.69) is 4.90 Å². The molecule has 0 atom stereocenters. The summed E-state index contributed by atoms with van der Waals surface area (Å²) in [5.41, 5.74) is 2.37. The second-order valence-electron chi connectivity index (χ2n) is 5.96. The normalized spacial score (nSPS) is 18.4. The third-order valence-corrected chi connectivity index (χ3v) is 4.52. The Bertz CT molecular complexity index is 579. The van der Waals surface area contributed by atoms with Crippen molar-refractivity contribution in [3.63, 3.8) is 0 Å². The number of anilines is 1. The van der Waals surface area contributed by atoms with Crippen LogP contribution in [0.3, 0.4) is 0 Å². The van der Waals surface area contributed by atoms with Crippen LogP contribution in [-0.4, -0.2) is 50.1 Å². The molecular formula is C17H22N2O3. The number of nitrogens with zero attached hydrogens (tertiary/aromatic N) is 2. The Labute approximate surface area is 130 Å². The predicted octanol–water partition coefficient (Wildman–Crippen LogP) is 1.85. The molecule has 1 fully saturated rings. The highest BCUT2D eigenvalue weighted by Crippen LogP contribution is 2.29. The Morgan fingerprint density at radius 1 is 1.18 bits per heavy atom. The van der Waals surface area contributed by atoms with Gasteiger partial charge in [0.15, 0.2) is 0 Å². The number of likely N-dealkylation sites (tertiary alicyclic amines) is 1. The molecule has 1 amide bonds. The van der Waals surface area contributed by atoms with E-state index in [0.717, 1.165) is 37.4 Å². The molecular weight excluding hydrogens is 280 g/mol. The van der Waals surface area contributed by atoms with Gasteiger partial charge in [-0.15, -0.1) is 0 Å². The minimum Gasteiger partial charge on any atom is -0.465 e. The summed E-state index contributed by atoms with van der Waals surface area (Å²) in [6.45, 7) is 3.92. The van der Waals surface area contributed by atoms with Gasteiger partial charge in [-0.2, -0.15) is 0 Å². The Morgan fingerprint density at radius 3 is 2.68 bits per heavy atom. The molecule has 1 saturated heterocycles. The summed E-state index contributed by atoms with van der Waals surface area (Å²) < 4.78 is 4.73. The lowest BCUT2D eigenvalue weighted by Crippen LogP contribution is -2.39. The molecule has 22 heavy (non-hydrogen) atoms. The Kier molecular flexibility index (Phi) is 4.43. The fourth-order valence-corrected chi connectivity index (χ4v) is 3.30. The number of ether oxygens (including phenoxy) is 1. The van der Waals surface area contributed by atoms with Crippen LogP contribution in [0.4, 0.5) is 5.69 Å². The molecule has 0 spiro atoms. The topological polar surface area (TPSA) is 49.9 Å². The summed E-state index contributed by atoms with van der Waals surface area (Å²) in [6.07, 6.45) is 4.21. The number of hydrogen-bond donors (Lipinski definition) is 0. The van der Waals surface area contributed by atoms with E-state index in [-0.39, 0.29) is 11.9 Å². The van der Waals surface area contributed by atoms with Crippen LogP contribution in [0.1, 0.15) is 35.2 Å². The molecule has 2 aliphatic rings. The second kappa shape index (κ2) is 6.48. The highest BCUT2D eigenvalue weighted by Gasteiger charge is 2.28. The average Bonchev–Trinajstić information content (AvgIpc) is 2.87. The fraction of sp³-hybridized carbons (Fsp3) is 0.529. The number of fused-ring (bicyclic) bond motifs is 1. The summed E-state index contributed by atoms with van der Waals surface area (Å²) in [4.78, 5) is 28.1. The summed E-state index contributed by atoms with van der Waals surface area (Å²) in [5.74, 6) is -0.240. The molecule has 1 aromatic rings. The number of hydrogen-bond acceptors (Lipinski definition) is 4. The van der Waals surface area contributed by atoms with Crippen molar-refractivity contribution >= 4 is 17.6 Å². The van der Waals surface area contributed by atoms with E-state index in [1.165, 1.54) is 26.4 Å². The van der Waals surface area contributed by atoms with Gasteiger partial charge in [-0.05, 0) is 49.7 Å². The highest BCUT2D eigenvalue weighted by molar-refractivity contribution is 6.02. The van der Waals surface area contributed by atoms with Gasteiger partial charge in [0.25, 0.3) is 0 Å². The first-order chi connectivity index (χ1) is 10.7. The smallest absolute Gasteiger partial charge is 0.337 e. The number of carbonyl (C=O) groups excluding carboxylic acids is 2. The Balaban J connectivity index is 1.69. The molecule has 0 saturated carbocycles. The Hall–Kier alpha value is -1.88. The van der Waals surface area contributed by atoms with Crippen molar-refractivity contribution in [2.24, 2.45) is 0 Å². The zero-order valence-electron chi connectivity index (χ0n) is 13.0. The maximum atomic E-state index is 12.2. The van der Waals surface area contributed by atoms with Gasteiger partial charge < -0.3 is 14.5 Å². The number of carbonyl (C=O) groups is 2. The lowest BCUT2D eigenvalue weighted by molar-refractivity contribution is -0.117. The molecule has 0 N–H and O–H groups in total. The SMILES string of the molecule is COC(=O)c1ccc2c(c1)CC(=O)N2CCN1CCCCC1. The molecule has 2 aliphatic heterocycles. The molecule has 0 bridgehead atoms. The lowest BCUT2D eigenvalue weighted by Gasteiger charge is -2.28. The van der Waals surface area contributed by atoms with E-state index < -0.39 is 0 Å². The van der Waals surface area contributed by atoms with E-state index in [9.17, 15) is 9.59 Å². The van der Waals surface area contributed by atoms with Gasteiger partial charge in [0.2, 0.25) is 5.91 Å². The molecule has 5 heteroatoms. The summed E-state index contributed by atoms with van der Waals surface area (Å²) in [7, 11) is 1.37. The monoisotopic (exact) mass is 302 g/mol. The molecule has 2 heterocycles. The maximum absolute atomic E-state index is 12.2. The molecule has 3 rings (SSSR count). The number of methoxy groups -OCH3 is 1.